The summed E-state index contributed by atoms with van der Waals surface area (Å²) in [5.74, 6) is -0.0205. The fraction of sp³-hybridized carbons (Fsp3) is 0.417. The summed E-state index contributed by atoms with van der Waals surface area (Å²) in [6.07, 6.45) is 1.23. The van der Waals surface area contributed by atoms with Gasteiger partial charge in [-0.05, 0) is 42.7 Å². The second-order valence-corrected chi connectivity index (χ2v) is 10.7. The minimum Gasteiger partial charge on any atom is -0.372 e. The number of hydrogen-bond donors (Lipinski definition) is 2. The lowest BCUT2D eigenvalue weighted by molar-refractivity contribution is -0.0586. The van der Waals surface area contributed by atoms with Crippen molar-refractivity contribution < 1.29 is 22.7 Å². The van der Waals surface area contributed by atoms with E-state index < -0.39 is 9.84 Å². The summed E-state index contributed by atoms with van der Waals surface area (Å²) in [7, 11) is -3.07. The number of hydrogen-bond acceptors (Lipinski definition) is 5. The molecule has 1 heterocycles. The van der Waals surface area contributed by atoms with E-state index in [0.29, 0.717) is 37.3 Å². The zero-order valence-corrected chi connectivity index (χ0v) is 20.0. The number of carbonyl (C=O) groups is 2. The first kappa shape index (κ1) is 24.7. The largest absolute Gasteiger partial charge is 0.372 e. The fourth-order valence-corrected chi connectivity index (χ4v) is 4.57. The van der Waals surface area contributed by atoms with Crippen LogP contribution in [0.2, 0.25) is 0 Å². The first-order valence-corrected chi connectivity index (χ1v) is 13.0. The van der Waals surface area contributed by atoms with Crippen LogP contribution < -0.4 is 10.6 Å². The highest BCUT2D eigenvalue weighted by atomic mass is 32.2. The molecule has 0 bridgehead atoms. The lowest BCUT2D eigenvalue weighted by Gasteiger charge is -2.35. The zero-order chi connectivity index (χ0) is 24.0. The summed E-state index contributed by atoms with van der Waals surface area (Å²) in [5, 5.41) is 5.57. The van der Waals surface area contributed by atoms with Gasteiger partial charge in [0.1, 0.15) is 0 Å². The van der Waals surface area contributed by atoms with E-state index in [-0.39, 0.29) is 29.9 Å². The molecule has 9 heteroatoms. The molecule has 2 aromatic rings. The third-order valence-electron chi connectivity index (χ3n) is 5.27. The van der Waals surface area contributed by atoms with Crippen LogP contribution in [-0.4, -0.2) is 56.8 Å². The maximum absolute atomic E-state index is 12.7. The fourth-order valence-electron chi connectivity index (χ4n) is 3.77. The SMILES string of the molecule is CC1CN(C(=O)c2ccc(CNC(=O)NCc3ccc(CS(C)(=O)=O)cc3)cc2)CC(C)O1. The van der Waals surface area contributed by atoms with Crippen LogP contribution >= 0.6 is 0 Å². The second-order valence-electron chi connectivity index (χ2n) is 8.59. The van der Waals surface area contributed by atoms with Crippen molar-refractivity contribution in [1.29, 1.82) is 0 Å². The van der Waals surface area contributed by atoms with Gasteiger partial charge in [0.25, 0.3) is 5.91 Å². The third-order valence-corrected chi connectivity index (χ3v) is 6.12. The molecule has 1 fully saturated rings. The van der Waals surface area contributed by atoms with Gasteiger partial charge in [-0.3, -0.25) is 4.79 Å². The van der Waals surface area contributed by atoms with Gasteiger partial charge >= 0.3 is 6.03 Å². The van der Waals surface area contributed by atoms with E-state index in [0.717, 1.165) is 11.1 Å². The van der Waals surface area contributed by atoms with Crippen molar-refractivity contribution >= 4 is 21.8 Å². The Balaban J connectivity index is 1.44. The van der Waals surface area contributed by atoms with Crippen LogP contribution in [0.15, 0.2) is 48.5 Å². The molecule has 0 saturated carbocycles. The Morgan fingerprint density at radius 1 is 0.879 bits per heavy atom. The molecule has 0 spiro atoms. The first-order chi connectivity index (χ1) is 15.6. The van der Waals surface area contributed by atoms with Crippen molar-refractivity contribution in [3.8, 4) is 0 Å². The molecular weight excluding hydrogens is 442 g/mol. The van der Waals surface area contributed by atoms with Crippen LogP contribution in [0, 0.1) is 0 Å². The number of nitrogens with one attached hydrogen (secondary N) is 2. The number of morpholine rings is 1. The van der Waals surface area contributed by atoms with Crippen LogP contribution in [0.25, 0.3) is 0 Å². The Labute approximate surface area is 195 Å². The summed E-state index contributed by atoms with van der Waals surface area (Å²) >= 11 is 0. The normalized spacial score (nSPS) is 18.6. The van der Waals surface area contributed by atoms with Crippen LogP contribution in [-0.2, 0) is 33.4 Å². The molecule has 1 aliphatic rings. The monoisotopic (exact) mass is 473 g/mol. The van der Waals surface area contributed by atoms with E-state index in [1.807, 2.05) is 30.9 Å². The summed E-state index contributed by atoms with van der Waals surface area (Å²) in [4.78, 5) is 26.7. The number of ether oxygens (including phenoxy) is 1. The van der Waals surface area contributed by atoms with Crippen molar-refractivity contribution in [2.45, 2.75) is 44.9 Å². The van der Waals surface area contributed by atoms with Crippen LogP contribution in [0.5, 0.6) is 0 Å². The lowest BCUT2D eigenvalue weighted by atomic mass is 10.1. The number of carbonyl (C=O) groups excluding carboxylic acids is 2. The highest BCUT2D eigenvalue weighted by Crippen LogP contribution is 2.15. The molecular formula is C24H31N3O5S. The average Bonchev–Trinajstić information content (AvgIpc) is 2.75. The van der Waals surface area contributed by atoms with Gasteiger partial charge in [-0.25, -0.2) is 13.2 Å². The topological polar surface area (TPSA) is 105 Å². The van der Waals surface area contributed by atoms with Gasteiger partial charge in [-0.2, -0.15) is 0 Å². The highest BCUT2D eigenvalue weighted by molar-refractivity contribution is 7.89. The summed E-state index contributed by atoms with van der Waals surface area (Å²) in [6.45, 7) is 5.74. The van der Waals surface area contributed by atoms with E-state index in [2.05, 4.69) is 10.6 Å². The Bertz CT molecular complexity index is 1060. The summed E-state index contributed by atoms with van der Waals surface area (Å²) in [5.41, 5.74) is 3.08. The number of urea groups is 1. The quantitative estimate of drug-likeness (QED) is 0.643. The minimum atomic E-state index is -3.07. The lowest BCUT2D eigenvalue weighted by Crippen LogP contribution is -2.48. The predicted octanol–water partition coefficient (Wildman–Crippen LogP) is 2.48. The van der Waals surface area contributed by atoms with Gasteiger partial charge < -0.3 is 20.3 Å². The highest BCUT2D eigenvalue weighted by Gasteiger charge is 2.26. The van der Waals surface area contributed by atoms with E-state index in [4.69, 9.17) is 4.74 Å². The molecule has 3 amide bonds. The molecule has 0 radical (unpaired) electrons. The first-order valence-electron chi connectivity index (χ1n) is 10.9. The molecule has 2 unspecified atom stereocenters. The number of rotatable bonds is 7. The predicted molar refractivity (Wildman–Crippen MR) is 126 cm³/mol. The van der Waals surface area contributed by atoms with Crippen molar-refractivity contribution in [2.24, 2.45) is 0 Å². The van der Waals surface area contributed by atoms with Gasteiger partial charge in [0, 0.05) is 38.0 Å². The Hall–Kier alpha value is -2.91. The average molecular weight is 474 g/mol. The van der Waals surface area contributed by atoms with Crippen molar-refractivity contribution in [3.05, 3.63) is 70.8 Å². The smallest absolute Gasteiger partial charge is 0.315 e. The van der Waals surface area contributed by atoms with Crippen molar-refractivity contribution in [3.63, 3.8) is 0 Å². The Kier molecular flexibility index (Phi) is 8.10. The standard InChI is InChI=1S/C24H31N3O5S/c1-17-14-27(15-18(2)32-17)23(28)22-10-8-20(9-11-22)13-26-24(29)25-12-19-4-6-21(7-5-19)16-33(3,30)31/h4-11,17-18H,12-16H2,1-3H3,(H2,25,26,29). The maximum atomic E-state index is 12.7. The van der Waals surface area contributed by atoms with Crippen molar-refractivity contribution in [2.75, 3.05) is 19.3 Å². The molecule has 0 aromatic heterocycles. The molecule has 2 N–H and O–H groups in total. The van der Waals surface area contributed by atoms with Gasteiger partial charge in [0.2, 0.25) is 0 Å². The van der Waals surface area contributed by atoms with Gasteiger partial charge in [-0.15, -0.1) is 0 Å². The number of nitrogens with zero attached hydrogens (tertiary/aromatic N) is 1. The molecule has 1 saturated heterocycles. The minimum absolute atomic E-state index is 0.00370. The van der Waals surface area contributed by atoms with E-state index in [1.165, 1.54) is 6.26 Å². The molecule has 0 aliphatic carbocycles. The molecule has 8 nitrogen and oxygen atoms in total. The van der Waals surface area contributed by atoms with Gasteiger partial charge in [-0.1, -0.05) is 36.4 Å². The maximum Gasteiger partial charge on any atom is 0.315 e. The molecule has 178 valence electrons. The van der Waals surface area contributed by atoms with Crippen LogP contribution in [0.4, 0.5) is 4.79 Å². The van der Waals surface area contributed by atoms with E-state index in [9.17, 15) is 18.0 Å². The van der Waals surface area contributed by atoms with Crippen LogP contribution in [0.1, 0.15) is 40.9 Å². The number of amides is 3. The van der Waals surface area contributed by atoms with Gasteiger partial charge in [0.15, 0.2) is 9.84 Å². The Morgan fingerprint density at radius 3 is 1.82 bits per heavy atom. The summed E-state index contributed by atoms with van der Waals surface area (Å²) in [6, 6.07) is 14.0. The van der Waals surface area contributed by atoms with E-state index >= 15 is 0 Å². The molecule has 2 aromatic carbocycles. The Morgan fingerprint density at radius 2 is 1.33 bits per heavy atom. The zero-order valence-electron chi connectivity index (χ0n) is 19.2. The molecule has 3 rings (SSSR count). The summed E-state index contributed by atoms with van der Waals surface area (Å²) < 4.78 is 28.4. The van der Waals surface area contributed by atoms with E-state index in [1.54, 1.807) is 36.4 Å². The number of sulfone groups is 1. The third kappa shape index (κ3) is 7.87. The molecule has 33 heavy (non-hydrogen) atoms. The molecule has 1 aliphatic heterocycles. The molecule has 2 atom stereocenters. The van der Waals surface area contributed by atoms with Crippen molar-refractivity contribution in [1.82, 2.24) is 15.5 Å². The van der Waals surface area contributed by atoms with Gasteiger partial charge in [0.05, 0.1) is 18.0 Å². The second kappa shape index (κ2) is 10.8. The van der Waals surface area contributed by atoms with Crippen LogP contribution in [0.3, 0.4) is 0 Å². The number of benzene rings is 2.